The fourth-order valence-electron chi connectivity index (χ4n) is 4.12. The molecule has 0 fully saturated rings. The number of methoxy groups -OCH3 is 1. The number of rotatable bonds is 3. The minimum atomic E-state index is -0.405. The Balaban J connectivity index is 1.84. The Morgan fingerprint density at radius 3 is 2.89 bits per heavy atom. The Morgan fingerprint density at radius 1 is 1.33 bits per heavy atom. The number of hydrogen-bond donors (Lipinski definition) is 1. The molecule has 2 aromatic carbocycles. The number of esters is 1. The monoisotopic (exact) mass is 384 g/mol. The summed E-state index contributed by atoms with van der Waals surface area (Å²) in [6.45, 7) is 0. The molecule has 2 aliphatic rings. The Hall–Kier alpha value is -2.86. The van der Waals surface area contributed by atoms with E-state index in [0.29, 0.717) is 16.3 Å². The van der Waals surface area contributed by atoms with Gasteiger partial charge in [0.15, 0.2) is 0 Å². The summed E-state index contributed by atoms with van der Waals surface area (Å²) in [5.74, 6) is -0.294. The number of allylic oxidation sites excluding steroid dienone is 2. The molecule has 4 rings (SSSR count). The molecule has 6 nitrogen and oxygen atoms in total. The van der Waals surface area contributed by atoms with Gasteiger partial charge in [0.2, 0.25) is 0 Å². The second-order valence-corrected chi connectivity index (χ2v) is 7.11. The third-order valence-corrected chi connectivity index (χ3v) is 5.63. The van der Waals surface area contributed by atoms with E-state index in [-0.39, 0.29) is 23.6 Å². The molecule has 1 aliphatic heterocycles. The van der Waals surface area contributed by atoms with Crippen LogP contribution >= 0.6 is 11.6 Å². The average Bonchev–Trinajstić information content (AvgIpc) is 3.17. The van der Waals surface area contributed by atoms with Crippen LogP contribution in [0.4, 0.5) is 11.4 Å². The summed E-state index contributed by atoms with van der Waals surface area (Å²) in [6.07, 6.45) is 4.97. The number of hydrogen-bond acceptors (Lipinski definition) is 5. The Bertz CT molecular complexity index is 972. The molecule has 7 heteroatoms. The van der Waals surface area contributed by atoms with Gasteiger partial charge >= 0.3 is 5.97 Å². The summed E-state index contributed by atoms with van der Waals surface area (Å²) < 4.78 is 4.94. The van der Waals surface area contributed by atoms with Gasteiger partial charge in [0.05, 0.1) is 34.3 Å². The topological polar surface area (TPSA) is 81.5 Å². The zero-order valence-electron chi connectivity index (χ0n) is 14.5. The van der Waals surface area contributed by atoms with Gasteiger partial charge < -0.3 is 10.1 Å². The number of non-ortho nitro benzene ring substituents is 1. The minimum absolute atomic E-state index is 0.0155. The van der Waals surface area contributed by atoms with Crippen LogP contribution in [0.25, 0.3) is 0 Å². The SMILES string of the molecule is COC(=O)c1ccc(Cl)c2c1[C@@H]1C=CC[C@@H]1[C@@H](c1cccc([N+](=O)[O-])c1)N2. The van der Waals surface area contributed by atoms with Crippen LogP contribution in [-0.4, -0.2) is 18.0 Å². The van der Waals surface area contributed by atoms with E-state index in [1.165, 1.54) is 13.2 Å². The number of carbonyl (C=O) groups is 1. The van der Waals surface area contributed by atoms with Crippen molar-refractivity contribution in [2.24, 2.45) is 5.92 Å². The lowest BCUT2D eigenvalue weighted by Gasteiger charge is -2.38. The number of nitro groups is 1. The Kier molecular flexibility index (Phi) is 4.36. The smallest absolute Gasteiger partial charge is 0.338 e. The quantitative estimate of drug-likeness (QED) is 0.353. The second kappa shape index (κ2) is 6.70. The summed E-state index contributed by atoms with van der Waals surface area (Å²) in [7, 11) is 1.35. The van der Waals surface area contributed by atoms with Gasteiger partial charge in [-0.15, -0.1) is 0 Å². The van der Waals surface area contributed by atoms with Crippen LogP contribution in [0.2, 0.25) is 5.02 Å². The van der Waals surface area contributed by atoms with Crippen LogP contribution in [0.15, 0.2) is 48.6 Å². The van der Waals surface area contributed by atoms with Crippen molar-refractivity contribution >= 4 is 28.9 Å². The number of fused-ring (bicyclic) bond motifs is 3. The first-order valence-electron chi connectivity index (χ1n) is 8.59. The summed E-state index contributed by atoms with van der Waals surface area (Å²) in [6, 6.07) is 9.85. The first-order valence-corrected chi connectivity index (χ1v) is 8.97. The molecule has 2 aromatic rings. The molecule has 0 radical (unpaired) electrons. The third kappa shape index (κ3) is 2.86. The maximum absolute atomic E-state index is 12.3. The first kappa shape index (κ1) is 17.5. The minimum Gasteiger partial charge on any atom is -0.465 e. The summed E-state index contributed by atoms with van der Waals surface area (Å²) >= 11 is 6.44. The lowest BCUT2D eigenvalue weighted by atomic mass is 9.75. The van der Waals surface area contributed by atoms with Gasteiger partial charge in [0.25, 0.3) is 5.69 Å². The molecular weight excluding hydrogens is 368 g/mol. The molecule has 0 unspecified atom stereocenters. The standard InChI is InChI=1S/C20H17ClN2O4/c1-27-20(24)15-8-9-16(21)19-17(15)13-6-3-7-14(13)18(22-19)11-4-2-5-12(10-11)23(25)26/h2-6,8-10,13-14,18,22H,7H2,1H3/t13-,14+,18-/m1/s1. The summed E-state index contributed by atoms with van der Waals surface area (Å²) in [5, 5.41) is 15.1. The predicted molar refractivity (Wildman–Crippen MR) is 102 cm³/mol. The Labute approximate surface area is 160 Å². The van der Waals surface area contributed by atoms with Gasteiger partial charge in [0.1, 0.15) is 0 Å². The molecular formula is C20H17ClN2O4. The van der Waals surface area contributed by atoms with Crippen molar-refractivity contribution in [2.75, 3.05) is 12.4 Å². The molecule has 0 spiro atoms. The fraction of sp³-hybridized carbons (Fsp3) is 0.250. The van der Waals surface area contributed by atoms with E-state index < -0.39 is 10.9 Å². The molecule has 0 aromatic heterocycles. The van der Waals surface area contributed by atoms with Crippen molar-refractivity contribution in [2.45, 2.75) is 18.4 Å². The maximum atomic E-state index is 12.3. The van der Waals surface area contributed by atoms with Crippen molar-refractivity contribution in [1.82, 2.24) is 0 Å². The van der Waals surface area contributed by atoms with Crippen LogP contribution in [-0.2, 0) is 4.74 Å². The molecule has 3 atom stereocenters. The molecule has 1 aliphatic carbocycles. The first-order chi connectivity index (χ1) is 13.0. The third-order valence-electron chi connectivity index (χ3n) is 5.31. The van der Waals surface area contributed by atoms with Gasteiger partial charge in [-0.05, 0) is 35.6 Å². The fourth-order valence-corrected chi connectivity index (χ4v) is 4.34. The molecule has 1 N–H and O–H groups in total. The van der Waals surface area contributed by atoms with E-state index in [9.17, 15) is 14.9 Å². The van der Waals surface area contributed by atoms with Crippen LogP contribution < -0.4 is 5.32 Å². The zero-order valence-corrected chi connectivity index (χ0v) is 15.3. The molecule has 1 heterocycles. The highest BCUT2D eigenvalue weighted by Gasteiger charge is 2.41. The number of ether oxygens (including phenoxy) is 1. The highest BCUT2D eigenvalue weighted by molar-refractivity contribution is 6.33. The van der Waals surface area contributed by atoms with E-state index in [0.717, 1.165) is 17.5 Å². The number of halogens is 1. The van der Waals surface area contributed by atoms with E-state index in [2.05, 4.69) is 17.5 Å². The van der Waals surface area contributed by atoms with Crippen LogP contribution in [0, 0.1) is 16.0 Å². The largest absolute Gasteiger partial charge is 0.465 e. The van der Waals surface area contributed by atoms with Crippen molar-refractivity contribution in [3.8, 4) is 0 Å². The van der Waals surface area contributed by atoms with Gasteiger partial charge in [0, 0.05) is 18.1 Å². The summed E-state index contributed by atoms with van der Waals surface area (Å²) in [4.78, 5) is 23.0. The number of carbonyl (C=O) groups excluding carboxylic acids is 1. The van der Waals surface area contributed by atoms with E-state index in [1.807, 2.05) is 6.07 Å². The van der Waals surface area contributed by atoms with Gasteiger partial charge in [-0.1, -0.05) is 35.9 Å². The maximum Gasteiger partial charge on any atom is 0.338 e. The number of anilines is 1. The van der Waals surface area contributed by atoms with Crippen molar-refractivity contribution in [3.63, 3.8) is 0 Å². The number of nitro benzene ring substituents is 1. The van der Waals surface area contributed by atoms with Crippen molar-refractivity contribution in [3.05, 3.63) is 80.4 Å². The van der Waals surface area contributed by atoms with E-state index >= 15 is 0 Å². The van der Waals surface area contributed by atoms with E-state index in [4.69, 9.17) is 16.3 Å². The van der Waals surface area contributed by atoms with Crippen molar-refractivity contribution < 1.29 is 14.5 Å². The zero-order chi connectivity index (χ0) is 19.1. The van der Waals surface area contributed by atoms with Gasteiger partial charge in [-0.2, -0.15) is 0 Å². The lowest BCUT2D eigenvalue weighted by Crippen LogP contribution is -2.30. The number of nitrogens with one attached hydrogen (secondary N) is 1. The Morgan fingerprint density at radius 2 is 2.15 bits per heavy atom. The molecule has 0 saturated heterocycles. The van der Waals surface area contributed by atoms with Crippen LogP contribution in [0.5, 0.6) is 0 Å². The van der Waals surface area contributed by atoms with E-state index in [1.54, 1.807) is 24.3 Å². The highest BCUT2D eigenvalue weighted by atomic mass is 35.5. The number of benzene rings is 2. The molecule has 0 amide bonds. The highest BCUT2D eigenvalue weighted by Crippen LogP contribution is 2.52. The molecule has 27 heavy (non-hydrogen) atoms. The summed E-state index contributed by atoms with van der Waals surface area (Å²) in [5.41, 5.74) is 2.88. The normalized spacial score (nSPS) is 22.5. The van der Waals surface area contributed by atoms with Gasteiger partial charge in [-0.25, -0.2) is 4.79 Å². The molecule has 0 bridgehead atoms. The molecule has 138 valence electrons. The predicted octanol–water partition coefficient (Wildman–Crippen LogP) is 4.86. The van der Waals surface area contributed by atoms with Gasteiger partial charge in [-0.3, -0.25) is 10.1 Å². The lowest BCUT2D eigenvalue weighted by molar-refractivity contribution is -0.384. The van der Waals surface area contributed by atoms with Crippen LogP contribution in [0.1, 0.15) is 39.9 Å². The van der Waals surface area contributed by atoms with Crippen LogP contribution in [0.3, 0.4) is 0 Å². The second-order valence-electron chi connectivity index (χ2n) is 6.70. The average molecular weight is 385 g/mol. The van der Waals surface area contributed by atoms with Crippen molar-refractivity contribution in [1.29, 1.82) is 0 Å². The molecule has 0 saturated carbocycles. The number of nitrogens with zero attached hydrogens (tertiary/aromatic N) is 1.